The zero-order chi connectivity index (χ0) is 19.6. The van der Waals surface area contributed by atoms with Crippen molar-refractivity contribution in [2.75, 3.05) is 13.2 Å². The van der Waals surface area contributed by atoms with E-state index in [4.69, 9.17) is 14.2 Å². The number of esters is 3. The highest BCUT2D eigenvalue weighted by Crippen LogP contribution is 2.60. The van der Waals surface area contributed by atoms with Gasteiger partial charge in [0.1, 0.15) is 5.60 Å². The van der Waals surface area contributed by atoms with Crippen molar-refractivity contribution in [3.8, 4) is 0 Å². The maximum Gasteiger partial charge on any atom is 0.344 e. The van der Waals surface area contributed by atoms with Crippen LogP contribution in [-0.4, -0.2) is 36.7 Å². The number of hydrogen-bond acceptors (Lipinski definition) is 6. The number of carbonyl (C=O) groups is 3. The van der Waals surface area contributed by atoms with E-state index >= 15 is 0 Å². The summed E-state index contributed by atoms with van der Waals surface area (Å²) in [5.74, 6) is 2.30. The standard InChI is InChI=1S/C21H32O6/c1-21(2,3)27-20(24)12-26-19(23)8-7-18(22)25-11-14-9-13-10-17(14)16-6-4-5-15(13)16/h13-17H,4-12H2,1-3H3. The van der Waals surface area contributed by atoms with Crippen LogP contribution in [0.25, 0.3) is 0 Å². The first-order valence-corrected chi connectivity index (χ1v) is 10.3. The second-order valence-electron chi connectivity index (χ2n) is 9.34. The summed E-state index contributed by atoms with van der Waals surface area (Å²) >= 11 is 0. The van der Waals surface area contributed by atoms with Crippen molar-refractivity contribution in [1.29, 1.82) is 0 Å². The molecule has 0 N–H and O–H groups in total. The first-order valence-electron chi connectivity index (χ1n) is 10.3. The van der Waals surface area contributed by atoms with Crippen LogP contribution in [0.2, 0.25) is 0 Å². The second kappa shape index (κ2) is 8.19. The highest BCUT2D eigenvalue weighted by atomic mass is 16.6. The van der Waals surface area contributed by atoms with Crippen molar-refractivity contribution in [3.63, 3.8) is 0 Å². The van der Waals surface area contributed by atoms with Crippen LogP contribution in [0.1, 0.15) is 65.7 Å². The lowest BCUT2D eigenvalue weighted by Gasteiger charge is -2.31. The monoisotopic (exact) mass is 380 g/mol. The summed E-state index contributed by atoms with van der Waals surface area (Å²) in [6, 6.07) is 0. The molecule has 0 aromatic carbocycles. The van der Waals surface area contributed by atoms with E-state index in [2.05, 4.69) is 0 Å². The van der Waals surface area contributed by atoms with Crippen molar-refractivity contribution in [2.45, 2.75) is 71.3 Å². The molecule has 3 fully saturated rings. The minimum absolute atomic E-state index is 0.0139. The van der Waals surface area contributed by atoms with Gasteiger partial charge in [-0.2, -0.15) is 0 Å². The average Bonchev–Trinajstić information content (AvgIpc) is 3.27. The first-order chi connectivity index (χ1) is 12.7. The number of fused-ring (bicyclic) bond motifs is 5. The van der Waals surface area contributed by atoms with Gasteiger partial charge in [-0.1, -0.05) is 6.42 Å². The van der Waals surface area contributed by atoms with E-state index in [1.54, 1.807) is 20.8 Å². The molecular formula is C21H32O6. The van der Waals surface area contributed by atoms with Gasteiger partial charge in [0.2, 0.25) is 0 Å². The minimum atomic E-state index is -0.620. The molecule has 3 aliphatic carbocycles. The summed E-state index contributed by atoms with van der Waals surface area (Å²) in [5, 5.41) is 0. The Kier molecular flexibility index (Phi) is 6.11. The van der Waals surface area contributed by atoms with E-state index in [0.717, 1.165) is 23.7 Å². The highest BCUT2D eigenvalue weighted by Gasteiger charge is 2.53. The van der Waals surface area contributed by atoms with Gasteiger partial charge in [-0.05, 0) is 76.0 Å². The SMILES string of the molecule is CC(C)(C)OC(=O)COC(=O)CCC(=O)OCC1CC2CC1C1CCCC21. The van der Waals surface area contributed by atoms with Crippen molar-refractivity contribution < 1.29 is 28.6 Å². The van der Waals surface area contributed by atoms with Crippen molar-refractivity contribution >= 4 is 17.9 Å². The summed E-state index contributed by atoms with van der Waals surface area (Å²) in [5.41, 5.74) is -0.620. The zero-order valence-electron chi connectivity index (χ0n) is 16.7. The summed E-state index contributed by atoms with van der Waals surface area (Å²) in [4.78, 5) is 35.1. The van der Waals surface area contributed by atoms with Crippen molar-refractivity contribution in [3.05, 3.63) is 0 Å². The molecule has 3 saturated carbocycles. The summed E-state index contributed by atoms with van der Waals surface area (Å²) in [7, 11) is 0. The lowest BCUT2D eigenvalue weighted by atomic mass is 9.76. The molecule has 27 heavy (non-hydrogen) atoms. The van der Waals surface area contributed by atoms with Gasteiger partial charge in [0.15, 0.2) is 6.61 Å². The van der Waals surface area contributed by atoms with Crippen LogP contribution in [0.15, 0.2) is 0 Å². The molecular weight excluding hydrogens is 348 g/mol. The van der Waals surface area contributed by atoms with E-state index < -0.39 is 24.1 Å². The third-order valence-corrected chi connectivity index (χ3v) is 6.33. The Hall–Kier alpha value is -1.59. The van der Waals surface area contributed by atoms with Crippen LogP contribution in [-0.2, 0) is 28.6 Å². The lowest BCUT2D eigenvalue weighted by Crippen LogP contribution is -2.28. The van der Waals surface area contributed by atoms with Crippen molar-refractivity contribution in [1.82, 2.24) is 0 Å². The summed E-state index contributed by atoms with van der Waals surface area (Å²) < 4.78 is 15.3. The Morgan fingerprint density at radius 2 is 1.52 bits per heavy atom. The van der Waals surface area contributed by atoms with Crippen LogP contribution in [0, 0.1) is 29.6 Å². The number of ether oxygens (including phenoxy) is 3. The maximum atomic E-state index is 11.9. The fourth-order valence-corrected chi connectivity index (χ4v) is 5.46. The molecule has 152 valence electrons. The molecule has 0 aromatic rings. The van der Waals surface area contributed by atoms with Gasteiger partial charge in [0, 0.05) is 0 Å². The van der Waals surface area contributed by atoms with Crippen LogP contribution in [0.4, 0.5) is 0 Å². The largest absolute Gasteiger partial charge is 0.465 e. The van der Waals surface area contributed by atoms with E-state index in [1.165, 1.54) is 32.1 Å². The van der Waals surface area contributed by atoms with Gasteiger partial charge in [0.05, 0.1) is 19.4 Å². The molecule has 6 heteroatoms. The molecule has 5 unspecified atom stereocenters. The Bertz CT molecular complexity index is 578. The van der Waals surface area contributed by atoms with Crippen LogP contribution < -0.4 is 0 Å². The van der Waals surface area contributed by atoms with E-state index in [1.807, 2.05) is 0 Å². The third kappa shape index (κ3) is 5.23. The van der Waals surface area contributed by atoms with Gasteiger partial charge < -0.3 is 14.2 Å². The van der Waals surface area contributed by atoms with Gasteiger partial charge in [-0.25, -0.2) is 4.79 Å². The average molecular weight is 380 g/mol. The molecule has 0 heterocycles. The number of rotatable bonds is 7. The quantitative estimate of drug-likeness (QED) is 0.498. The molecule has 0 radical (unpaired) electrons. The first kappa shape index (κ1) is 20.2. The van der Waals surface area contributed by atoms with E-state index in [-0.39, 0.29) is 18.8 Å². The number of carbonyl (C=O) groups excluding carboxylic acids is 3. The van der Waals surface area contributed by atoms with Gasteiger partial charge in [-0.15, -0.1) is 0 Å². The number of hydrogen-bond donors (Lipinski definition) is 0. The zero-order valence-corrected chi connectivity index (χ0v) is 16.7. The summed E-state index contributed by atoms with van der Waals surface area (Å²) in [6.07, 6.45) is 6.51. The highest BCUT2D eigenvalue weighted by molar-refractivity contribution is 5.80. The maximum absolute atomic E-state index is 11.9. The second-order valence-corrected chi connectivity index (χ2v) is 9.34. The third-order valence-electron chi connectivity index (χ3n) is 6.33. The van der Waals surface area contributed by atoms with Crippen molar-refractivity contribution in [2.24, 2.45) is 29.6 Å². The minimum Gasteiger partial charge on any atom is -0.465 e. The fraction of sp³-hybridized carbons (Fsp3) is 0.857. The van der Waals surface area contributed by atoms with Crippen LogP contribution in [0.3, 0.4) is 0 Å². The van der Waals surface area contributed by atoms with Gasteiger partial charge in [-0.3, -0.25) is 9.59 Å². The normalized spacial score (nSPS) is 31.4. The Balaban J connectivity index is 1.29. The van der Waals surface area contributed by atoms with E-state index in [0.29, 0.717) is 12.5 Å². The van der Waals surface area contributed by atoms with E-state index in [9.17, 15) is 14.4 Å². The van der Waals surface area contributed by atoms with Gasteiger partial charge >= 0.3 is 17.9 Å². The predicted molar refractivity (Wildman–Crippen MR) is 97.5 cm³/mol. The molecule has 0 amide bonds. The Morgan fingerprint density at radius 3 is 2.22 bits per heavy atom. The molecule has 0 saturated heterocycles. The molecule has 0 aliphatic heterocycles. The topological polar surface area (TPSA) is 78.9 Å². The fourth-order valence-electron chi connectivity index (χ4n) is 5.46. The molecule has 5 atom stereocenters. The predicted octanol–water partition coefficient (Wildman–Crippen LogP) is 3.27. The molecule has 3 rings (SSSR count). The Labute approximate surface area is 161 Å². The summed E-state index contributed by atoms with van der Waals surface area (Å²) in [6.45, 7) is 5.28. The lowest BCUT2D eigenvalue weighted by molar-refractivity contribution is -0.166. The van der Waals surface area contributed by atoms with Crippen LogP contribution >= 0.6 is 0 Å². The molecule has 3 aliphatic rings. The molecule has 2 bridgehead atoms. The molecule has 0 aromatic heterocycles. The molecule has 0 spiro atoms. The van der Waals surface area contributed by atoms with Crippen LogP contribution in [0.5, 0.6) is 0 Å². The van der Waals surface area contributed by atoms with Gasteiger partial charge in [0.25, 0.3) is 0 Å². The molecule has 6 nitrogen and oxygen atoms in total. The smallest absolute Gasteiger partial charge is 0.344 e. The Morgan fingerprint density at radius 1 is 0.852 bits per heavy atom.